The van der Waals surface area contributed by atoms with Crippen molar-refractivity contribution < 1.29 is 9.84 Å². The van der Waals surface area contributed by atoms with E-state index < -0.39 is 0 Å². The van der Waals surface area contributed by atoms with Crippen LogP contribution < -0.4 is 11.1 Å². The predicted molar refractivity (Wildman–Crippen MR) is 69.9 cm³/mol. The smallest absolute Gasteiger partial charge is 0.0726 e. The molecule has 0 aliphatic heterocycles. The lowest BCUT2D eigenvalue weighted by Crippen LogP contribution is -2.29. The molecule has 0 aliphatic carbocycles. The first-order valence-electron chi connectivity index (χ1n) is 4.58. The number of aliphatic hydroxyl groups excluding tert-OH is 1. The van der Waals surface area contributed by atoms with Crippen LogP contribution in [-0.4, -0.2) is 31.5 Å². The minimum absolute atomic E-state index is 0.0360. The average Bonchev–Trinajstić information content (AvgIpc) is 2.21. The Bertz CT molecular complexity index is 320. The van der Waals surface area contributed by atoms with E-state index in [1.807, 2.05) is 18.2 Å². The summed E-state index contributed by atoms with van der Waals surface area (Å²) in [7, 11) is 1.61. The number of nitrogens with two attached hydrogens (primary N) is 1. The zero-order valence-electron chi connectivity index (χ0n) is 8.53. The van der Waals surface area contributed by atoms with Crippen LogP contribution in [0.15, 0.2) is 18.2 Å². The van der Waals surface area contributed by atoms with Crippen LogP contribution in [0.5, 0.6) is 0 Å². The molecule has 5 heteroatoms. The van der Waals surface area contributed by atoms with Crippen LogP contribution >= 0.6 is 22.6 Å². The standard InChI is InChI=1S/C10H15IN2O2/c1-15-6-8(5-14)13-10-3-2-7(12)4-9(10)11/h2-4,8,13-14H,5-6,12H2,1H3. The molecule has 0 saturated carbocycles. The molecule has 0 amide bonds. The minimum Gasteiger partial charge on any atom is -0.399 e. The number of nitrogen functional groups attached to an aromatic ring is 1. The molecule has 4 nitrogen and oxygen atoms in total. The summed E-state index contributed by atoms with van der Waals surface area (Å²) in [5.41, 5.74) is 7.34. The van der Waals surface area contributed by atoms with Gasteiger partial charge in [0.15, 0.2) is 0 Å². The van der Waals surface area contributed by atoms with Crippen LogP contribution in [0.4, 0.5) is 11.4 Å². The van der Waals surface area contributed by atoms with Gasteiger partial charge in [0.25, 0.3) is 0 Å². The Balaban J connectivity index is 2.70. The van der Waals surface area contributed by atoms with Crippen LogP contribution in [0.2, 0.25) is 0 Å². The maximum Gasteiger partial charge on any atom is 0.0726 e. The molecule has 1 atom stereocenters. The van der Waals surface area contributed by atoms with E-state index in [4.69, 9.17) is 15.6 Å². The number of hydrogen-bond acceptors (Lipinski definition) is 4. The van der Waals surface area contributed by atoms with E-state index in [2.05, 4.69) is 27.9 Å². The van der Waals surface area contributed by atoms with Gasteiger partial charge in [0.05, 0.1) is 19.3 Å². The monoisotopic (exact) mass is 322 g/mol. The molecular formula is C10H15IN2O2. The molecule has 0 aliphatic rings. The highest BCUT2D eigenvalue weighted by Crippen LogP contribution is 2.21. The summed E-state index contributed by atoms with van der Waals surface area (Å²) >= 11 is 2.20. The SMILES string of the molecule is COCC(CO)Nc1ccc(N)cc1I. The lowest BCUT2D eigenvalue weighted by molar-refractivity contribution is 0.153. The Morgan fingerprint density at radius 1 is 1.60 bits per heavy atom. The van der Waals surface area contributed by atoms with Crippen molar-refractivity contribution in [3.63, 3.8) is 0 Å². The van der Waals surface area contributed by atoms with Gasteiger partial charge in [-0.25, -0.2) is 0 Å². The molecule has 4 N–H and O–H groups in total. The first kappa shape index (κ1) is 12.5. The quantitative estimate of drug-likeness (QED) is 0.565. The average molecular weight is 322 g/mol. The molecule has 0 aromatic heterocycles. The van der Waals surface area contributed by atoms with Gasteiger partial charge >= 0.3 is 0 Å². The summed E-state index contributed by atoms with van der Waals surface area (Å²) in [4.78, 5) is 0. The highest BCUT2D eigenvalue weighted by atomic mass is 127. The molecule has 1 aromatic rings. The molecule has 1 unspecified atom stereocenters. The summed E-state index contributed by atoms with van der Waals surface area (Å²) in [6.45, 7) is 0.505. The number of ether oxygens (including phenoxy) is 1. The van der Waals surface area contributed by atoms with E-state index in [1.54, 1.807) is 7.11 Å². The third-order valence-electron chi connectivity index (χ3n) is 1.94. The van der Waals surface area contributed by atoms with Crippen molar-refractivity contribution >= 4 is 34.0 Å². The molecule has 84 valence electrons. The first-order valence-corrected chi connectivity index (χ1v) is 5.66. The Morgan fingerprint density at radius 2 is 2.33 bits per heavy atom. The first-order chi connectivity index (χ1) is 7.17. The number of benzene rings is 1. The van der Waals surface area contributed by atoms with Crippen molar-refractivity contribution in [2.75, 3.05) is 31.4 Å². The van der Waals surface area contributed by atoms with Crippen molar-refractivity contribution in [1.29, 1.82) is 0 Å². The highest BCUT2D eigenvalue weighted by Gasteiger charge is 2.08. The van der Waals surface area contributed by atoms with Crippen LogP contribution in [0.25, 0.3) is 0 Å². The van der Waals surface area contributed by atoms with Crippen LogP contribution in [0.1, 0.15) is 0 Å². The molecule has 0 radical (unpaired) electrons. The van der Waals surface area contributed by atoms with E-state index in [0.29, 0.717) is 6.61 Å². The molecular weight excluding hydrogens is 307 g/mol. The second-order valence-electron chi connectivity index (χ2n) is 3.22. The normalized spacial score (nSPS) is 12.5. The van der Waals surface area contributed by atoms with Gasteiger partial charge < -0.3 is 20.9 Å². The fourth-order valence-electron chi connectivity index (χ4n) is 1.21. The number of rotatable bonds is 5. The van der Waals surface area contributed by atoms with E-state index in [0.717, 1.165) is 14.9 Å². The van der Waals surface area contributed by atoms with Crippen LogP contribution in [0, 0.1) is 3.57 Å². The Morgan fingerprint density at radius 3 is 2.87 bits per heavy atom. The fraction of sp³-hybridized carbons (Fsp3) is 0.400. The topological polar surface area (TPSA) is 67.5 Å². The van der Waals surface area contributed by atoms with Crippen molar-refractivity contribution in [3.05, 3.63) is 21.8 Å². The van der Waals surface area contributed by atoms with E-state index >= 15 is 0 Å². The van der Waals surface area contributed by atoms with E-state index in [9.17, 15) is 0 Å². The number of aliphatic hydroxyl groups is 1. The summed E-state index contributed by atoms with van der Waals surface area (Å²) in [6.07, 6.45) is 0. The number of methoxy groups -OCH3 is 1. The maximum atomic E-state index is 9.09. The van der Waals surface area contributed by atoms with E-state index in [1.165, 1.54) is 0 Å². The summed E-state index contributed by atoms with van der Waals surface area (Å²) in [6, 6.07) is 5.51. The maximum absolute atomic E-state index is 9.09. The lowest BCUT2D eigenvalue weighted by atomic mass is 10.2. The van der Waals surface area contributed by atoms with Crippen molar-refractivity contribution in [3.8, 4) is 0 Å². The second kappa shape index (κ2) is 6.14. The Labute approximate surface area is 103 Å². The lowest BCUT2D eigenvalue weighted by Gasteiger charge is -2.17. The van der Waals surface area contributed by atoms with Gasteiger partial charge in [-0.3, -0.25) is 0 Å². The molecule has 0 bridgehead atoms. The van der Waals surface area contributed by atoms with Gasteiger partial charge in [0, 0.05) is 22.1 Å². The number of hydrogen-bond donors (Lipinski definition) is 3. The Hall–Kier alpha value is -0.530. The third kappa shape index (κ3) is 3.84. The van der Waals surface area contributed by atoms with Gasteiger partial charge in [0.1, 0.15) is 0 Å². The summed E-state index contributed by atoms with van der Waals surface area (Å²) < 4.78 is 6.01. The molecule has 1 aromatic carbocycles. The summed E-state index contributed by atoms with van der Waals surface area (Å²) in [5, 5.41) is 12.3. The number of halogens is 1. The predicted octanol–water partition coefficient (Wildman–Crippen LogP) is 1.29. The molecule has 15 heavy (non-hydrogen) atoms. The fourth-order valence-corrected chi connectivity index (χ4v) is 1.90. The molecule has 0 heterocycles. The van der Waals surface area contributed by atoms with Crippen LogP contribution in [-0.2, 0) is 4.74 Å². The van der Waals surface area contributed by atoms with Gasteiger partial charge in [0.2, 0.25) is 0 Å². The molecule has 1 rings (SSSR count). The zero-order chi connectivity index (χ0) is 11.3. The molecule has 0 spiro atoms. The molecule has 0 saturated heterocycles. The van der Waals surface area contributed by atoms with Crippen molar-refractivity contribution in [2.24, 2.45) is 0 Å². The van der Waals surface area contributed by atoms with Crippen LogP contribution in [0.3, 0.4) is 0 Å². The zero-order valence-corrected chi connectivity index (χ0v) is 10.7. The van der Waals surface area contributed by atoms with Gasteiger partial charge in [-0.1, -0.05) is 0 Å². The van der Waals surface area contributed by atoms with E-state index in [-0.39, 0.29) is 12.6 Å². The highest BCUT2D eigenvalue weighted by molar-refractivity contribution is 14.1. The largest absolute Gasteiger partial charge is 0.399 e. The van der Waals surface area contributed by atoms with Gasteiger partial charge in [-0.2, -0.15) is 0 Å². The van der Waals surface area contributed by atoms with Gasteiger partial charge in [-0.05, 0) is 40.8 Å². The number of nitrogens with one attached hydrogen (secondary N) is 1. The number of anilines is 2. The summed E-state index contributed by atoms with van der Waals surface area (Å²) in [5.74, 6) is 0. The van der Waals surface area contributed by atoms with Crippen molar-refractivity contribution in [1.82, 2.24) is 0 Å². The Kier molecular flexibility index (Phi) is 5.13. The minimum atomic E-state index is -0.0906. The van der Waals surface area contributed by atoms with Gasteiger partial charge in [-0.15, -0.1) is 0 Å². The van der Waals surface area contributed by atoms with Crippen molar-refractivity contribution in [2.45, 2.75) is 6.04 Å². The second-order valence-corrected chi connectivity index (χ2v) is 4.38. The molecule has 0 fully saturated rings. The third-order valence-corrected chi connectivity index (χ3v) is 2.83.